The molecule has 0 aromatic rings. The highest BCUT2D eigenvalue weighted by Gasteiger charge is 2.57. The molecule has 2 rings (SSSR count). The van der Waals surface area contributed by atoms with Crippen molar-refractivity contribution < 1.29 is 14.6 Å². The van der Waals surface area contributed by atoms with E-state index in [1.807, 2.05) is 6.08 Å². The molecule has 0 spiro atoms. The van der Waals surface area contributed by atoms with Gasteiger partial charge in [-0.1, -0.05) is 12.2 Å². The smallest absolute Gasteiger partial charge is 0.182 e. The maximum absolute atomic E-state index is 9.61. The molecule has 0 saturated heterocycles. The fourth-order valence-corrected chi connectivity index (χ4v) is 2.47. The van der Waals surface area contributed by atoms with Crippen molar-refractivity contribution in [3.05, 3.63) is 12.2 Å². The monoisotopic (exact) mass is 170 g/mol. The highest BCUT2D eigenvalue weighted by atomic mass is 16.7. The van der Waals surface area contributed by atoms with Crippen molar-refractivity contribution in [3.8, 4) is 0 Å². The highest BCUT2D eigenvalue weighted by molar-refractivity contribution is 5.20. The Morgan fingerprint density at radius 3 is 2.25 bits per heavy atom. The minimum Gasteiger partial charge on any atom is -0.392 e. The maximum Gasteiger partial charge on any atom is 0.182 e. The highest BCUT2D eigenvalue weighted by Crippen LogP contribution is 2.49. The first kappa shape index (κ1) is 8.23. The average molecular weight is 170 g/mol. The van der Waals surface area contributed by atoms with Gasteiger partial charge in [0.2, 0.25) is 0 Å². The molecule has 2 aliphatic rings. The predicted octanol–water partition coefficient (Wildman–Crippen LogP) is 0.542. The van der Waals surface area contributed by atoms with Crippen LogP contribution in [0.1, 0.15) is 6.42 Å². The molecule has 0 unspecified atom stereocenters. The van der Waals surface area contributed by atoms with Gasteiger partial charge in [-0.15, -0.1) is 0 Å². The van der Waals surface area contributed by atoms with Gasteiger partial charge in [0.15, 0.2) is 5.79 Å². The first-order chi connectivity index (χ1) is 5.74. The normalized spacial score (nSPS) is 42.4. The van der Waals surface area contributed by atoms with E-state index in [1.165, 1.54) is 0 Å². The van der Waals surface area contributed by atoms with Gasteiger partial charge in [-0.05, 0) is 6.42 Å². The molecule has 3 heteroatoms. The maximum atomic E-state index is 9.61. The Morgan fingerprint density at radius 2 is 2.00 bits per heavy atom. The fourth-order valence-electron chi connectivity index (χ4n) is 2.47. The number of rotatable bonds is 2. The van der Waals surface area contributed by atoms with Crippen LogP contribution in [0.5, 0.6) is 0 Å². The third-order valence-electron chi connectivity index (χ3n) is 3.08. The SMILES string of the molecule is COC1(OC)[C@@H]2C=C[C@H]1[C@H](O)C2. The summed E-state index contributed by atoms with van der Waals surface area (Å²) in [6.07, 6.45) is 4.51. The van der Waals surface area contributed by atoms with Crippen LogP contribution >= 0.6 is 0 Å². The average Bonchev–Trinajstić information content (AvgIpc) is 2.56. The van der Waals surface area contributed by atoms with Crippen LogP contribution in [0.2, 0.25) is 0 Å². The van der Waals surface area contributed by atoms with Crippen molar-refractivity contribution in [1.29, 1.82) is 0 Å². The third kappa shape index (κ3) is 0.762. The fraction of sp³-hybridized carbons (Fsp3) is 0.778. The standard InChI is InChI=1S/C9H14O3/c1-11-9(12-2)6-3-4-7(9)8(10)5-6/h3-4,6-8,10H,5H2,1-2H3/t6-,7+,8-/m1/s1. The second-order valence-corrected chi connectivity index (χ2v) is 3.45. The van der Waals surface area contributed by atoms with Crippen molar-refractivity contribution in [2.24, 2.45) is 11.8 Å². The van der Waals surface area contributed by atoms with Gasteiger partial charge < -0.3 is 14.6 Å². The Kier molecular flexibility index (Phi) is 1.75. The molecule has 1 fully saturated rings. The Morgan fingerprint density at radius 1 is 1.33 bits per heavy atom. The van der Waals surface area contributed by atoms with Crippen LogP contribution in [0.4, 0.5) is 0 Å². The number of aliphatic hydroxyl groups excluding tert-OH is 1. The first-order valence-electron chi connectivity index (χ1n) is 4.21. The van der Waals surface area contributed by atoms with Crippen LogP contribution in [0.25, 0.3) is 0 Å². The molecule has 2 aliphatic carbocycles. The van der Waals surface area contributed by atoms with Gasteiger partial charge in [-0.2, -0.15) is 0 Å². The molecule has 2 bridgehead atoms. The number of aliphatic hydroxyl groups is 1. The van der Waals surface area contributed by atoms with E-state index in [-0.39, 0.29) is 17.9 Å². The van der Waals surface area contributed by atoms with Gasteiger partial charge in [0.05, 0.1) is 12.0 Å². The van der Waals surface area contributed by atoms with Gasteiger partial charge in [0.25, 0.3) is 0 Å². The minimum absolute atomic E-state index is 0.0116. The molecular formula is C9H14O3. The second-order valence-electron chi connectivity index (χ2n) is 3.45. The number of ether oxygens (including phenoxy) is 2. The molecule has 12 heavy (non-hydrogen) atoms. The third-order valence-corrected chi connectivity index (χ3v) is 3.08. The predicted molar refractivity (Wildman–Crippen MR) is 43.5 cm³/mol. The zero-order chi connectivity index (χ0) is 8.77. The summed E-state index contributed by atoms with van der Waals surface area (Å²) in [6, 6.07) is 0. The van der Waals surface area contributed by atoms with E-state index in [9.17, 15) is 5.11 Å². The number of methoxy groups -OCH3 is 2. The minimum atomic E-state index is -0.584. The lowest BCUT2D eigenvalue weighted by atomic mass is 10.0. The first-order valence-corrected chi connectivity index (χ1v) is 4.21. The van der Waals surface area contributed by atoms with Crippen molar-refractivity contribution in [1.82, 2.24) is 0 Å². The van der Waals surface area contributed by atoms with Crippen LogP contribution < -0.4 is 0 Å². The van der Waals surface area contributed by atoms with E-state index >= 15 is 0 Å². The number of hydrogen-bond acceptors (Lipinski definition) is 3. The summed E-state index contributed by atoms with van der Waals surface area (Å²) in [5, 5.41) is 9.61. The molecule has 1 N–H and O–H groups in total. The molecule has 0 aromatic heterocycles. The van der Waals surface area contributed by atoms with Crippen LogP contribution in [0.3, 0.4) is 0 Å². The zero-order valence-electron chi connectivity index (χ0n) is 7.36. The molecule has 1 saturated carbocycles. The van der Waals surface area contributed by atoms with Gasteiger partial charge in [-0.3, -0.25) is 0 Å². The zero-order valence-corrected chi connectivity index (χ0v) is 7.36. The molecule has 0 aromatic carbocycles. The van der Waals surface area contributed by atoms with Crippen molar-refractivity contribution in [2.75, 3.05) is 14.2 Å². The van der Waals surface area contributed by atoms with Crippen molar-refractivity contribution >= 4 is 0 Å². The van der Waals surface area contributed by atoms with Crippen LogP contribution in [0, 0.1) is 11.8 Å². The largest absolute Gasteiger partial charge is 0.392 e. The second kappa shape index (κ2) is 2.55. The molecular weight excluding hydrogens is 156 g/mol. The molecule has 0 heterocycles. The summed E-state index contributed by atoms with van der Waals surface area (Å²) < 4.78 is 10.7. The quantitative estimate of drug-likeness (QED) is 0.485. The van der Waals surface area contributed by atoms with E-state index in [4.69, 9.17) is 9.47 Å². The number of fused-ring (bicyclic) bond motifs is 2. The molecule has 0 radical (unpaired) electrons. The lowest BCUT2D eigenvalue weighted by Gasteiger charge is -2.31. The molecule has 3 nitrogen and oxygen atoms in total. The van der Waals surface area contributed by atoms with Crippen LogP contribution in [0.15, 0.2) is 12.2 Å². The molecule has 68 valence electrons. The summed E-state index contributed by atoms with van der Waals surface area (Å²) in [6.45, 7) is 0. The van der Waals surface area contributed by atoms with E-state index in [2.05, 4.69) is 6.08 Å². The van der Waals surface area contributed by atoms with E-state index in [1.54, 1.807) is 14.2 Å². The summed E-state index contributed by atoms with van der Waals surface area (Å²) in [4.78, 5) is 0. The Bertz CT molecular complexity index is 208. The summed E-state index contributed by atoms with van der Waals surface area (Å²) in [5.74, 6) is -0.357. The van der Waals surface area contributed by atoms with Crippen molar-refractivity contribution in [2.45, 2.75) is 18.3 Å². The molecule has 3 atom stereocenters. The summed E-state index contributed by atoms with van der Waals surface area (Å²) in [7, 11) is 3.27. The topological polar surface area (TPSA) is 38.7 Å². The van der Waals surface area contributed by atoms with Crippen LogP contribution in [-0.2, 0) is 9.47 Å². The Labute approximate surface area is 72.0 Å². The van der Waals surface area contributed by atoms with Gasteiger partial charge in [-0.25, -0.2) is 0 Å². The summed E-state index contributed by atoms with van der Waals surface area (Å²) >= 11 is 0. The number of hydrogen-bond donors (Lipinski definition) is 1. The molecule has 0 aliphatic heterocycles. The van der Waals surface area contributed by atoms with E-state index in [0.29, 0.717) is 0 Å². The molecule has 0 amide bonds. The van der Waals surface area contributed by atoms with Crippen LogP contribution in [-0.4, -0.2) is 31.2 Å². The van der Waals surface area contributed by atoms with Gasteiger partial charge >= 0.3 is 0 Å². The van der Waals surface area contributed by atoms with E-state index < -0.39 is 5.79 Å². The van der Waals surface area contributed by atoms with Crippen molar-refractivity contribution in [3.63, 3.8) is 0 Å². The lowest BCUT2D eigenvalue weighted by molar-refractivity contribution is -0.234. The Balaban J connectivity index is 2.30. The van der Waals surface area contributed by atoms with E-state index in [0.717, 1.165) is 6.42 Å². The van der Waals surface area contributed by atoms with Gasteiger partial charge in [0, 0.05) is 20.1 Å². The van der Waals surface area contributed by atoms with Gasteiger partial charge in [0.1, 0.15) is 0 Å². The summed E-state index contributed by atoms with van der Waals surface area (Å²) in [5.41, 5.74) is 0. The lowest BCUT2D eigenvalue weighted by Crippen LogP contribution is -2.41. The Hall–Kier alpha value is -0.380.